The van der Waals surface area contributed by atoms with Gasteiger partial charge in [0.05, 0.1) is 47.3 Å². The van der Waals surface area contributed by atoms with Gasteiger partial charge in [0.2, 0.25) is 16.8 Å². The molecule has 1 aromatic heterocycles. The molecule has 2 fully saturated rings. The molecule has 2 N–H and O–H groups in total. The van der Waals surface area contributed by atoms with Crippen molar-refractivity contribution in [1.29, 1.82) is 0 Å². The first-order valence-electron chi connectivity index (χ1n) is 17.0. The van der Waals surface area contributed by atoms with Gasteiger partial charge in [-0.3, -0.25) is 0 Å². The lowest BCUT2D eigenvalue weighted by atomic mass is 10.0. The highest BCUT2D eigenvalue weighted by atomic mass is 32.2. The van der Waals surface area contributed by atoms with Gasteiger partial charge in [-0.1, -0.05) is 26.0 Å². The van der Waals surface area contributed by atoms with Crippen molar-refractivity contribution in [3.63, 3.8) is 0 Å². The van der Waals surface area contributed by atoms with Gasteiger partial charge in [-0.15, -0.1) is 11.3 Å². The fourth-order valence-electron chi connectivity index (χ4n) is 6.27. The number of aliphatic hydroxyl groups excluding tert-OH is 1. The number of aromatic nitrogens is 1. The molecule has 2 aromatic carbocycles. The van der Waals surface area contributed by atoms with Crippen molar-refractivity contribution < 1.29 is 56.3 Å². The molecule has 3 aromatic rings. The highest BCUT2D eigenvalue weighted by molar-refractivity contribution is 7.89. The zero-order valence-electron chi connectivity index (χ0n) is 29.1. The van der Waals surface area contributed by atoms with Gasteiger partial charge in [0.1, 0.15) is 31.2 Å². The smallest absolute Gasteiger partial charge is 0.407 e. The minimum Gasteiger partial charge on any atom is -0.487 e. The number of amides is 1. The van der Waals surface area contributed by atoms with E-state index >= 15 is 0 Å². The number of hydrogen-bond donors (Lipinski definition) is 2. The molecule has 6 rings (SSSR count). The van der Waals surface area contributed by atoms with Gasteiger partial charge in [0.15, 0.2) is 17.8 Å². The molecule has 2 saturated heterocycles. The Morgan fingerprint density at radius 3 is 2.62 bits per heavy atom. The third-order valence-electron chi connectivity index (χ3n) is 8.77. The van der Waals surface area contributed by atoms with E-state index < -0.39 is 53.2 Å². The minimum atomic E-state index is -4.20. The van der Waals surface area contributed by atoms with Crippen molar-refractivity contribution in [2.45, 2.75) is 69.7 Å². The zero-order valence-corrected chi connectivity index (χ0v) is 30.7. The highest BCUT2D eigenvalue weighted by Crippen LogP contribution is 2.35. The molecule has 3 aliphatic rings. The third kappa shape index (κ3) is 9.31. The molecule has 52 heavy (non-hydrogen) atoms. The van der Waals surface area contributed by atoms with Crippen molar-refractivity contribution in [2.75, 3.05) is 39.7 Å². The fraction of sp³-hybridized carbons (Fsp3) is 0.514. The number of alkyl carbamates (subject to hydrolysis) is 1. The Morgan fingerprint density at radius 1 is 1.10 bits per heavy atom. The van der Waals surface area contributed by atoms with Gasteiger partial charge in [0.25, 0.3) is 0 Å². The average molecular weight is 762 g/mol. The van der Waals surface area contributed by atoms with E-state index in [0.717, 1.165) is 16.3 Å². The van der Waals surface area contributed by atoms with Crippen molar-refractivity contribution in [2.24, 2.45) is 11.8 Å². The summed E-state index contributed by atoms with van der Waals surface area (Å²) in [6, 6.07) is 10.4. The highest BCUT2D eigenvalue weighted by Gasteiger charge is 2.44. The maximum atomic E-state index is 14.2. The summed E-state index contributed by atoms with van der Waals surface area (Å²) in [7, 11) is -4.20. The number of nitrogens with zero attached hydrogens (tertiary/aromatic N) is 2. The Balaban J connectivity index is 1.26. The Hall–Kier alpha value is -4.00. The number of aryl methyl sites for hydroxylation is 1. The van der Waals surface area contributed by atoms with Crippen LogP contribution >= 0.6 is 11.3 Å². The number of sulfonamides is 1. The van der Waals surface area contributed by atoms with Crippen molar-refractivity contribution in [3.05, 3.63) is 64.1 Å². The summed E-state index contributed by atoms with van der Waals surface area (Å²) < 4.78 is 69.0. The van der Waals surface area contributed by atoms with Crippen LogP contribution in [0.2, 0.25) is 0 Å². The zero-order chi connectivity index (χ0) is 36.8. The van der Waals surface area contributed by atoms with Crippen molar-refractivity contribution >= 4 is 33.4 Å². The molecular formula is C35H43N3O12S2. The molecule has 0 aliphatic carbocycles. The van der Waals surface area contributed by atoms with Crippen LogP contribution < -0.4 is 19.5 Å². The fourth-order valence-corrected chi connectivity index (χ4v) is 8.50. The summed E-state index contributed by atoms with van der Waals surface area (Å²) >= 11 is 1.54. The molecule has 0 saturated carbocycles. The van der Waals surface area contributed by atoms with Crippen LogP contribution in [0.5, 0.6) is 17.2 Å². The van der Waals surface area contributed by atoms with Gasteiger partial charge in [0, 0.05) is 18.0 Å². The quantitative estimate of drug-likeness (QED) is 0.203. The van der Waals surface area contributed by atoms with E-state index in [1.807, 2.05) is 26.2 Å². The number of rotatable bonds is 16. The SMILES string of the molecule is Cc1nc(COc2ccc(CC(NC(=O)O[C@H]3CO[C@H]4OCC[C@H]43)C(CN(CC(C)C)S(=O)(=O)c3ccc4c(c3)OCO4)OC(=O)CO)cc2)cs1. The summed E-state index contributed by atoms with van der Waals surface area (Å²) in [5, 5.41) is 15.4. The average Bonchev–Trinajstić information content (AvgIpc) is 3.93. The van der Waals surface area contributed by atoms with Crippen LogP contribution in [0.15, 0.2) is 52.7 Å². The number of thiazole rings is 1. The Labute approximate surface area is 306 Å². The van der Waals surface area contributed by atoms with Crippen molar-refractivity contribution in [3.8, 4) is 17.2 Å². The molecule has 282 valence electrons. The van der Waals surface area contributed by atoms with E-state index in [4.69, 9.17) is 33.2 Å². The molecule has 0 bridgehead atoms. The van der Waals surface area contributed by atoms with Crippen LogP contribution in [-0.4, -0.2) is 99.1 Å². The molecule has 0 spiro atoms. The maximum absolute atomic E-state index is 14.2. The van der Waals surface area contributed by atoms with Crippen LogP contribution in [0.25, 0.3) is 0 Å². The van der Waals surface area contributed by atoms with E-state index in [1.54, 1.807) is 24.3 Å². The largest absolute Gasteiger partial charge is 0.487 e. The van der Waals surface area contributed by atoms with Gasteiger partial charge in [-0.2, -0.15) is 4.31 Å². The van der Waals surface area contributed by atoms with E-state index in [9.17, 15) is 23.1 Å². The summed E-state index contributed by atoms with van der Waals surface area (Å²) in [5.41, 5.74) is 1.53. The number of benzene rings is 2. The molecule has 0 radical (unpaired) electrons. The molecule has 17 heteroatoms. The Kier molecular flexibility index (Phi) is 12.2. The van der Waals surface area contributed by atoms with E-state index in [0.29, 0.717) is 31.1 Å². The molecule has 1 amide bonds. The second kappa shape index (κ2) is 16.8. The second-order valence-corrected chi connectivity index (χ2v) is 16.1. The summed E-state index contributed by atoms with van der Waals surface area (Å²) in [6.07, 6.45) is -2.31. The number of hydrogen-bond acceptors (Lipinski definition) is 14. The van der Waals surface area contributed by atoms with E-state index in [1.165, 1.54) is 33.8 Å². The van der Waals surface area contributed by atoms with E-state index in [2.05, 4.69) is 10.3 Å². The standard InChI is InChI=1S/C35H43N3O12S2/c1-21(2)14-38(52(42,43)26-8-9-29-30(13-26)48-20-47-29)15-31(49-33(40)16-39)28(37-35(41)50-32-18-46-34-27(32)10-11-44-34)12-23-4-6-25(7-5-23)45-17-24-19-51-22(3)36-24/h4-9,13,19,21,27-28,31-32,34,39H,10-12,14-18,20H2,1-3H3,(H,37,41)/t27-,28?,31?,32-,34+/m0/s1. The number of fused-ring (bicyclic) bond motifs is 2. The van der Waals surface area contributed by atoms with E-state index in [-0.39, 0.29) is 55.4 Å². The number of esters is 1. The lowest BCUT2D eigenvalue weighted by Gasteiger charge is -2.33. The van der Waals surface area contributed by atoms with Gasteiger partial charge >= 0.3 is 12.1 Å². The molecule has 2 unspecified atom stereocenters. The summed E-state index contributed by atoms with van der Waals surface area (Å²) in [4.78, 5) is 30.6. The molecule has 4 heterocycles. The number of ether oxygens (including phenoxy) is 7. The minimum absolute atomic E-state index is 0.0306. The summed E-state index contributed by atoms with van der Waals surface area (Å²) in [5.74, 6) is 0.0430. The summed E-state index contributed by atoms with van der Waals surface area (Å²) in [6.45, 7) is 5.28. The first-order valence-corrected chi connectivity index (χ1v) is 19.3. The van der Waals surface area contributed by atoms with Crippen molar-refractivity contribution in [1.82, 2.24) is 14.6 Å². The number of nitrogens with one attached hydrogen (secondary N) is 1. The second-order valence-electron chi connectivity index (χ2n) is 13.1. The van der Waals surface area contributed by atoms with Crippen LogP contribution in [0.1, 0.15) is 36.5 Å². The van der Waals surface area contributed by atoms with Gasteiger partial charge < -0.3 is 43.6 Å². The van der Waals surface area contributed by atoms with Gasteiger partial charge in [-0.05, 0) is 55.5 Å². The van der Waals surface area contributed by atoms with Crippen LogP contribution in [0.3, 0.4) is 0 Å². The normalized spacial score (nSPS) is 20.5. The molecule has 15 nitrogen and oxygen atoms in total. The lowest BCUT2D eigenvalue weighted by molar-refractivity contribution is -0.154. The topological polar surface area (TPSA) is 181 Å². The predicted molar refractivity (Wildman–Crippen MR) is 185 cm³/mol. The van der Waals surface area contributed by atoms with Crippen LogP contribution in [0.4, 0.5) is 4.79 Å². The molecule has 5 atom stereocenters. The maximum Gasteiger partial charge on any atom is 0.407 e. The molecule has 3 aliphatic heterocycles. The molecular weight excluding hydrogens is 719 g/mol. The van der Waals surface area contributed by atoms with Crippen LogP contribution in [0, 0.1) is 18.8 Å². The number of carbonyl (C=O) groups excluding carboxylic acids is 2. The Morgan fingerprint density at radius 2 is 1.88 bits per heavy atom. The van der Waals surface area contributed by atoms with Gasteiger partial charge in [-0.25, -0.2) is 23.0 Å². The first kappa shape index (κ1) is 37.7. The number of carbonyl (C=O) groups is 2. The van der Waals surface area contributed by atoms with Crippen LogP contribution in [-0.2, 0) is 46.8 Å². The first-order chi connectivity index (χ1) is 25.0. The lowest BCUT2D eigenvalue weighted by Crippen LogP contribution is -2.53. The third-order valence-corrected chi connectivity index (χ3v) is 11.4. The predicted octanol–water partition coefficient (Wildman–Crippen LogP) is 3.41. The number of aliphatic hydroxyl groups is 1. The Bertz CT molecular complexity index is 1800. The monoisotopic (exact) mass is 761 g/mol.